The maximum Gasteiger partial charge on any atom is 0.266 e. The summed E-state index contributed by atoms with van der Waals surface area (Å²) in [6.45, 7) is 4.97. The van der Waals surface area contributed by atoms with Crippen LogP contribution in [-0.4, -0.2) is 31.1 Å². The molecule has 0 spiro atoms. The number of amides is 2. The lowest BCUT2D eigenvalue weighted by atomic mass is 9.90. The number of imide groups is 1. The summed E-state index contributed by atoms with van der Waals surface area (Å²) in [4.78, 5) is 34.6. The number of benzene rings is 3. The van der Waals surface area contributed by atoms with Crippen molar-refractivity contribution in [3.05, 3.63) is 83.4 Å². The van der Waals surface area contributed by atoms with Crippen LogP contribution in [0.15, 0.2) is 72.8 Å². The van der Waals surface area contributed by atoms with Crippen molar-refractivity contribution in [1.29, 1.82) is 0 Å². The molecule has 3 aromatic carbocycles. The minimum Gasteiger partial charge on any atom is -0.490 e. The minimum absolute atomic E-state index is 0.319. The monoisotopic (exact) mass is 506 g/mol. The van der Waals surface area contributed by atoms with E-state index in [0.29, 0.717) is 35.4 Å². The lowest BCUT2D eigenvalue weighted by Crippen LogP contribution is -2.37. The Kier molecular flexibility index (Phi) is 6.85. The summed E-state index contributed by atoms with van der Waals surface area (Å²) in [6, 6.07) is 21.2. The Morgan fingerprint density at radius 1 is 0.861 bits per heavy atom. The van der Waals surface area contributed by atoms with E-state index in [2.05, 4.69) is 0 Å². The van der Waals surface area contributed by atoms with Gasteiger partial charge in [-0.1, -0.05) is 42.8 Å². The minimum atomic E-state index is -0.954. The molecule has 0 radical (unpaired) electrons. The highest BCUT2D eigenvalue weighted by molar-refractivity contribution is 6.31. The SMILES string of the molecule is CCCOc1ccc([C@@H]2[C@@H]3C(=O)N(c4ccc(Cl)cc4)C(=O)[C@@H]3ON2c2ccccc2)cc1OCC. The average Bonchev–Trinajstić information content (AvgIpc) is 3.40. The molecule has 2 aliphatic heterocycles. The number of fused-ring (bicyclic) bond motifs is 1. The Hall–Kier alpha value is -3.55. The fourth-order valence-corrected chi connectivity index (χ4v) is 4.83. The van der Waals surface area contributed by atoms with Crippen LogP contribution in [-0.2, 0) is 14.4 Å². The second kappa shape index (κ2) is 10.2. The van der Waals surface area contributed by atoms with E-state index in [1.807, 2.05) is 62.4 Å². The third-order valence-corrected chi connectivity index (χ3v) is 6.53. The second-order valence-corrected chi connectivity index (χ2v) is 9.07. The predicted molar refractivity (Wildman–Crippen MR) is 137 cm³/mol. The van der Waals surface area contributed by atoms with E-state index in [4.69, 9.17) is 25.9 Å². The molecule has 2 aliphatic rings. The molecule has 36 heavy (non-hydrogen) atoms. The van der Waals surface area contributed by atoms with Gasteiger partial charge in [-0.3, -0.25) is 14.4 Å². The van der Waals surface area contributed by atoms with Crippen LogP contribution in [0.3, 0.4) is 0 Å². The van der Waals surface area contributed by atoms with Gasteiger partial charge in [0, 0.05) is 5.02 Å². The van der Waals surface area contributed by atoms with Crippen LogP contribution in [0.25, 0.3) is 0 Å². The largest absolute Gasteiger partial charge is 0.490 e. The number of para-hydroxylation sites is 1. The number of ether oxygens (including phenoxy) is 2. The van der Waals surface area contributed by atoms with Gasteiger partial charge >= 0.3 is 0 Å². The fourth-order valence-electron chi connectivity index (χ4n) is 4.71. The molecular formula is C28H27ClN2O5. The van der Waals surface area contributed by atoms with E-state index in [-0.39, 0.29) is 5.91 Å². The van der Waals surface area contributed by atoms with Gasteiger partial charge in [0.2, 0.25) is 5.91 Å². The summed E-state index contributed by atoms with van der Waals surface area (Å²) in [5.41, 5.74) is 2.01. The third kappa shape index (κ3) is 4.29. The number of nitrogens with zero attached hydrogens (tertiary/aromatic N) is 2. The molecule has 0 bridgehead atoms. The molecule has 2 fully saturated rings. The highest BCUT2D eigenvalue weighted by Gasteiger charge is 2.60. The van der Waals surface area contributed by atoms with Gasteiger partial charge in [-0.15, -0.1) is 0 Å². The molecule has 0 aliphatic carbocycles. The van der Waals surface area contributed by atoms with Crippen molar-refractivity contribution in [2.24, 2.45) is 5.92 Å². The average molecular weight is 507 g/mol. The molecule has 0 N–H and O–H groups in total. The molecule has 2 heterocycles. The number of carbonyl (C=O) groups is 2. The molecule has 7 nitrogen and oxygen atoms in total. The number of halogens is 1. The third-order valence-electron chi connectivity index (χ3n) is 6.28. The second-order valence-electron chi connectivity index (χ2n) is 8.63. The first kappa shape index (κ1) is 24.2. The van der Waals surface area contributed by atoms with Gasteiger partial charge in [-0.05, 0) is 67.4 Å². The molecule has 3 atom stereocenters. The van der Waals surface area contributed by atoms with Crippen molar-refractivity contribution in [3.8, 4) is 11.5 Å². The summed E-state index contributed by atoms with van der Waals surface area (Å²) < 4.78 is 11.7. The Morgan fingerprint density at radius 2 is 1.61 bits per heavy atom. The topological polar surface area (TPSA) is 68.3 Å². The molecule has 0 unspecified atom stereocenters. The molecule has 0 saturated carbocycles. The van der Waals surface area contributed by atoms with Gasteiger partial charge < -0.3 is 9.47 Å². The quantitative estimate of drug-likeness (QED) is 0.372. The van der Waals surface area contributed by atoms with Crippen molar-refractivity contribution < 1.29 is 23.9 Å². The van der Waals surface area contributed by atoms with E-state index >= 15 is 0 Å². The van der Waals surface area contributed by atoms with E-state index < -0.39 is 24.0 Å². The van der Waals surface area contributed by atoms with Crippen molar-refractivity contribution in [2.45, 2.75) is 32.4 Å². The number of rotatable bonds is 8. The van der Waals surface area contributed by atoms with Gasteiger partial charge in [-0.25, -0.2) is 9.96 Å². The fraction of sp³-hybridized carbons (Fsp3) is 0.286. The number of hydrogen-bond donors (Lipinski definition) is 0. The Bertz CT molecular complexity index is 1250. The van der Waals surface area contributed by atoms with Crippen LogP contribution < -0.4 is 19.4 Å². The molecule has 186 valence electrons. The van der Waals surface area contributed by atoms with E-state index in [1.165, 1.54) is 4.90 Å². The normalized spacial score (nSPS) is 21.1. The summed E-state index contributed by atoms with van der Waals surface area (Å²) >= 11 is 6.02. The Morgan fingerprint density at radius 3 is 2.31 bits per heavy atom. The zero-order valence-electron chi connectivity index (χ0n) is 20.1. The number of hydroxylamine groups is 1. The van der Waals surface area contributed by atoms with E-state index in [1.54, 1.807) is 29.3 Å². The van der Waals surface area contributed by atoms with Crippen molar-refractivity contribution >= 4 is 34.8 Å². The smallest absolute Gasteiger partial charge is 0.266 e. The summed E-state index contributed by atoms with van der Waals surface area (Å²) in [6.07, 6.45) is -0.0862. The van der Waals surface area contributed by atoms with Gasteiger partial charge in [0.15, 0.2) is 17.6 Å². The highest BCUT2D eigenvalue weighted by atomic mass is 35.5. The standard InChI is InChI=1S/C28H27ClN2O5/c1-3-16-35-22-15-10-18(17-23(22)34-4-2)25-24-26(36-31(25)21-8-6-5-7-9-21)28(33)30(27(24)32)20-13-11-19(29)12-14-20/h5-15,17,24-26H,3-4,16H2,1-2H3/t24-,25+,26+/m0/s1. The molecule has 3 aromatic rings. The van der Waals surface area contributed by atoms with Crippen molar-refractivity contribution in [3.63, 3.8) is 0 Å². The maximum absolute atomic E-state index is 13.8. The zero-order chi connectivity index (χ0) is 25.2. The highest BCUT2D eigenvalue weighted by Crippen LogP contribution is 2.48. The zero-order valence-corrected chi connectivity index (χ0v) is 20.9. The first-order valence-electron chi connectivity index (χ1n) is 12.1. The van der Waals surface area contributed by atoms with Crippen LogP contribution in [0, 0.1) is 5.92 Å². The van der Waals surface area contributed by atoms with Gasteiger partial charge in [0.05, 0.1) is 30.6 Å². The van der Waals surface area contributed by atoms with Crippen LogP contribution in [0.2, 0.25) is 5.02 Å². The Labute approximate surface area is 215 Å². The maximum atomic E-state index is 13.8. The first-order valence-corrected chi connectivity index (χ1v) is 12.4. The van der Waals surface area contributed by atoms with Crippen molar-refractivity contribution in [1.82, 2.24) is 0 Å². The number of hydrogen-bond acceptors (Lipinski definition) is 6. The van der Waals surface area contributed by atoms with E-state index in [9.17, 15) is 9.59 Å². The Balaban J connectivity index is 1.57. The van der Waals surface area contributed by atoms with Gasteiger partial charge in [-0.2, -0.15) is 0 Å². The molecule has 5 rings (SSSR count). The molecule has 8 heteroatoms. The molecule has 2 amide bonds. The molecule has 2 saturated heterocycles. The predicted octanol–water partition coefficient (Wildman–Crippen LogP) is 5.58. The van der Waals surface area contributed by atoms with Crippen LogP contribution in [0.4, 0.5) is 11.4 Å². The van der Waals surface area contributed by atoms with Crippen molar-refractivity contribution in [2.75, 3.05) is 23.2 Å². The van der Waals surface area contributed by atoms with Gasteiger partial charge in [0.25, 0.3) is 5.91 Å². The molecular weight excluding hydrogens is 480 g/mol. The number of anilines is 2. The van der Waals surface area contributed by atoms with E-state index in [0.717, 1.165) is 17.7 Å². The summed E-state index contributed by atoms with van der Waals surface area (Å²) in [5.74, 6) is -0.235. The lowest BCUT2D eigenvalue weighted by molar-refractivity contribution is -0.126. The van der Waals surface area contributed by atoms with Crippen LogP contribution in [0.5, 0.6) is 11.5 Å². The summed E-state index contributed by atoms with van der Waals surface area (Å²) in [5, 5.41) is 2.19. The summed E-state index contributed by atoms with van der Waals surface area (Å²) in [7, 11) is 0. The number of carbonyl (C=O) groups excluding carboxylic acids is 2. The van der Waals surface area contributed by atoms with Crippen LogP contribution >= 0.6 is 11.6 Å². The van der Waals surface area contributed by atoms with Crippen LogP contribution in [0.1, 0.15) is 31.9 Å². The molecule has 0 aromatic heterocycles. The first-order chi connectivity index (χ1) is 17.5. The van der Waals surface area contributed by atoms with Gasteiger partial charge in [0.1, 0.15) is 5.92 Å². The lowest BCUT2D eigenvalue weighted by Gasteiger charge is -2.29.